The van der Waals surface area contributed by atoms with Crippen molar-refractivity contribution >= 4 is 17.7 Å². The van der Waals surface area contributed by atoms with Crippen molar-refractivity contribution in [2.75, 3.05) is 13.2 Å². The molecule has 1 aromatic carbocycles. The summed E-state index contributed by atoms with van der Waals surface area (Å²) < 4.78 is 5.13. The summed E-state index contributed by atoms with van der Waals surface area (Å²) in [6.45, 7) is 0.684. The van der Waals surface area contributed by atoms with Crippen molar-refractivity contribution < 1.29 is 24.2 Å². The Balaban J connectivity index is 2.48. The molecule has 1 rings (SSSR count). The molecule has 0 fully saturated rings. The number of hydrogen-bond donors (Lipinski definition) is 2. The van der Waals surface area contributed by atoms with Gasteiger partial charge in [0.05, 0.1) is 0 Å². The molecule has 0 atom stereocenters. The molecule has 0 aliphatic carbocycles. The van der Waals surface area contributed by atoms with Crippen molar-refractivity contribution in [3.05, 3.63) is 29.8 Å². The Bertz CT molecular complexity index is 469. The summed E-state index contributed by atoms with van der Waals surface area (Å²) >= 11 is 0. The highest BCUT2D eigenvalue weighted by Gasteiger charge is 2.06. The Kier molecular flexibility index (Phi) is 4.86. The monoisotopic (exact) mass is 251 g/mol. The molecule has 6 heteroatoms. The van der Waals surface area contributed by atoms with Crippen LogP contribution in [0.2, 0.25) is 0 Å². The summed E-state index contributed by atoms with van der Waals surface area (Å²) in [7, 11) is 0. The zero-order chi connectivity index (χ0) is 13.5. The van der Waals surface area contributed by atoms with E-state index in [0.717, 1.165) is 0 Å². The first-order valence-electron chi connectivity index (χ1n) is 5.21. The van der Waals surface area contributed by atoms with E-state index in [9.17, 15) is 14.4 Å². The second-order valence-corrected chi connectivity index (χ2v) is 3.54. The van der Waals surface area contributed by atoms with Gasteiger partial charge in [-0.3, -0.25) is 14.4 Å². The summed E-state index contributed by atoms with van der Waals surface area (Å²) in [5.74, 6) is -1.38. The topological polar surface area (TPSA) is 92.7 Å². The van der Waals surface area contributed by atoms with Crippen LogP contribution in [0.1, 0.15) is 17.3 Å². The second-order valence-electron chi connectivity index (χ2n) is 3.54. The van der Waals surface area contributed by atoms with Gasteiger partial charge in [-0.15, -0.1) is 0 Å². The van der Waals surface area contributed by atoms with Gasteiger partial charge in [-0.05, 0) is 19.1 Å². The highest BCUT2D eigenvalue weighted by molar-refractivity contribution is 5.94. The van der Waals surface area contributed by atoms with Gasteiger partial charge in [-0.1, -0.05) is 12.1 Å². The van der Waals surface area contributed by atoms with Crippen molar-refractivity contribution in [1.29, 1.82) is 0 Å². The first-order valence-corrected chi connectivity index (χ1v) is 5.21. The maximum Gasteiger partial charge on any atom is 0.322 e. The van der Waals surface area contributed by atoms with Crippen LogP contribution in [0.15, 0.2) is 24.3 Å². The van der Waals surface area contributed by atoms with E-state index >= 15 is 0 Å². The second kappa shape index (κ2) is 6.39. The Morgan fingerprint density at radius 3 is 2.67 bits per heavy atom. The third-order valence-corrected chi connectivity index (χ3v) is 2.05. The summed E-state index contributed by atoms with van der Waals surface area (Å²) in [5, 5.41) is 10.5. The lowest BCUT2D eigenvalue weighted by molar-refractivity contribution is -0.138. The minimum atomic E-state index is -1.12. The number of nitrogens with one attached hydrogen (secondary N) is 1. The number of aliphatic carboxylic acids is 1. The quantitative estimate of drug-likeness (QED) is 0.717. The number of carbonyl (C=O) groups excluding carboxylic acids is 2. The van der Waals surface area contributed by atoms with Crippen LogP contribution in [0.4, 0.5) is 0 Å². The normalized spacial score (nSPS) is 9.61. The van der Waals surface area contributed by atoms with Gasteiger partial charge in [0.25, 0.3) is 5.91 Å². The highest BCUT2D eigenvalue weighted by Crippen LogP contribution is 2.13. The third kappa shape index (κ3) is 4.65. The molecule has 0 spiro atoms. The Morgan fingerprint density at radius 2 is 2.06 bits per heavy atom. The molecular weight excluding hydrogens is 238 g/mol. The van der Waals surface area contributed by atoms with Gasteiger partial charge >= 0.3 is 5.97 Å². The maximum atomic E-state index is 11.2. The molecule has 0 saturated heterocycles. The molecule has 96 valence electrons. The van der Waals surface area contributed by atoms with Gasteiger partial charge in [0, 0.05) is 5.56 Å². The number of carboxylic acids is 1. The highest BCUT2D eigenvalue weighted by atomic mass is 16.5. The predicted molar refractivity (Wildman–Crippen MR) is 62.6 cm³/mol. The van der Waals surface area contributed by atoms with Crippen LogP contribution in [0.5, 0.6) is 5.75 Å². The summed E-state index contributed by atoms with van der Waals surface area (Å²) in [5.41, 5.74) is 0.485. The van der Waals surface area contributed by atoms with E-state index in [-0.39, 0.29) is 12.4 Å². The van der Waals surface area contributed by atoms with Gasteiger partial charge in [0.2, 0.25) is 0 Å². The van der Waals surface area contributed by atoms with Crippen molar-refractivity contribution in [2.24, 2.45) is 0 Å². The molecule has 0 aliphatic rings. The van der Waals surface area contributed by atoms with Crippen LogP contribution in [0, 0.1) is 0 Å². The largest absolute Gasteiger partial charge is 0.484 e. The SMILES string of the molecule is CC(=O)c1cccc(OCC(=O)NCC(=O)O)c1. The minimum Gasteiger partial charge on any atom is -0.484 e. The summed E-state index contributed by atoms with van der Waals surface area (Å²) in [6.07, 6.45) is 0. The molecule has 0 aromatic heterocycles. The molecule has 1 amide bonds. The number of ether oxygens (including phenoxy) is 1. The Labute approximate surface area is 104 Å². The number of hydrogen-bond acceptors (Lipinski definition) is 4. The van der Waals surface area contributed by atoms with E-state index in [1.807, 2.05) is 0 Å². The summed E-state index contributed by atoms with van der Waals surface area (Å²) in [6, 6.07) is 6.41. The van der Waals surface area contributed by atoms with Crippen LogP contribution in [-0.2, 0) is 9.59 Å². The van der Waals surface area contributed by atoms with Crippen LogP contribution < -0.4 is 10.1 Å². The van der Waals surface area contributed by atoms with Gasteiger partial charge in [-0.2, -0.15) is 0 Å². The van der Waals surface area contributed by atoms with Gasteiger partial charge in [0.15, 0.2) is 12.4 Å². The van der Waals surface area contributed by atoms with Crippen LogP contribution in [-0.4, -0.2) is 35.9 Å². The zero-order valence-electron chi connectivity index (χ0n) is 9.80. The molecule has 0 unspecified atom stereocenters. The van der Waals surface area contributed by atoms with Crippen molar-refractivity contribution in [2.45, 2.75) is 6.92 Å². The molecule has 18 heavy (non-hydrogen) atoms. The zero-order valence-corrected chi connectivity index (χ0v) is 9.80. The van der Waals surface area contributed by atoms with Crippen molar-refractivity contribution in [3.8, 4) is 5.75 Å². The first-order chi connectivity index (χ1) is 8.49. The number of amides is 1. The molecule has 0 bridgehead atoms. The van der Waals surface area contributed by atoms with Crippen LogP contribution in [0.25, 0.3) is 0 Å². The molecule has 0 heterocycles. The van der Waals surface area contributed by atoms with Crippen molar-refractivity contribution in [3.63, 3.8) is 0 Å². The molecule has 0 saturated carbocycles. The fourth-order valence-corrected chi connectivity index (χ4v) is 1.18. The number of rotatable bonds is 6. The number of Topliss-reactive ketones (excluding diaryl/α,β-unsaturated/α-hetero) is 1. The lowest BCUT2D eigenvalue weighted by atomic mass is 10.1. The van der Waals surface area contributed by atoms with Gasteiger partial charge in [0.1, 0.15) is 12.3 Å². The first kappa shape index (κ1) is 13.7. The molecule has 1 aromatic rings. The lowest BCUT2D eigenvalue weighted by Gasteiger charge is -2.06. The lowest BCUT2D eigenvalue weighted by Crippen LogP contribution is -2.33. The van der Waals surface area contributed by atoms with Gasteiger partial charge in [-0.25, -0.2) is 0 Å². The molecule has 0 radical (unpaired) electrons. The fraction of sp³-hybridized carbons (Fsp3) is 0.250. The summed E-state index contributed by atoms with van der Waals surface area (Å²) in [4.78, 5) is 32.5. The molecule has 0 aliphatic heterocycles. The van der Waals surface area contributed by atoms with E-state index in [2.05, 4.69) is 5.32 Å². The average Bonchev–Trinajstić information content (AvgIpc) is 2.34. The number of carboxylic acid groups (broad SMARTS) is 1. The average molecular weight is 251 g/mol. The smallest absolute Gasteiger partial charge is 0.322 e. The molecular formula is C12H13NO5. The van der Waals surface area contributed by atoms with Crippen LogP contribution >= 0.6 is 0 Å². The van der Waals surface area contributed by atoms with E-state index in [1.165, 1.54) is 13.0 Å². The Morgan fingerprint density at radius 1 is 1.33 bits per heavy atom. The fourth-order valence-electron chi connectivity index (χ4n) is 1.18. The molecule has 2 N–H and O–H groups in total. The number of ketones is 1. The van der Waals surface area contributed by atoms with E-state index < -0.39 is 18.4 Å². The third-order valence-electron chi connectivity index (χ3n) is 2.05. The maximum absolute atomic E-state index is 11.2. The standard InChI is InChI=1S/C12H13NO5/c1-8(14)9-3-2-4-10(5-9)18-7-11(15)13-6-12(16)17/h2-5H,6-7H2,1H3,(H,13,15)(H,16,17). The van der Waals surface area contributed by atoms with Crippen molar-refractivity contribution in [1.82, 2.24) is 5.32 Å². The minimum absolute atomic E-state index is 0.101. The molecule has 6 nitrogen and oxygen atoms in total. The van der Waals surface area contributed by atoms with Crippen LogP contribution in [0.3, 0.4) is 0 Å². The Hall–Kier alpha value is -2.37. The number of benzene rings is 1. The van der Waals surface area contributed by atoms with Gasteiger partial charge < -0.3 is 15.2 Å². The van der Waals surface area contributed by atoms with E-state index in [4.69, 9.17) is 9.84 Å². The van der Waals surface area contributed by atoms with E-state index in [1.54, 1.807) is 18.2 Å². The predicted octanol–water partition coefficient (Wildman–Crippen LogP) is 0.469. The number of carbonyl (C=O) groups is 3. The van der Waals surface area contributed by atoms with E-state index in [0.29, 0.717) is 11.3 Å².